The summed E-state index contributed by atoms with van der Waals surface area (Å²) in [6, 6.07) is 20.8. The highest BCUT2D eigenvalue weighted by molar-refractivity contribution is 7.80. The van der Waals surface area contributed by atoms with Crippen LogP contribution < -0.4 is 15.0 Å². The number of aromatic hydroxyl groups is 1. The van der Waals surface area contributed by atoms with Gasteiger partial charge in [0.05, 0.1) is 29.6 Å². The zero-order valence-electron chi connectivity index (χ0n) is 21.1. The van der Waals surface area contributed by atoms with Crippen LogP contribution in [-0.4, -0.2) is 25.9 Å². The van der Waals surface area contributed by atoms with Gasteiger partial charge in [0.25, 0.3) is 0 Å². The number of nitrogens with zero attached hydrogens (tertiary/aromatic N) is 3. The number of aromatic nitrogens is 2. The highest BCUT2D eigenvalue weighted by atomic mass is 35.5. The van der Waals surface area contributed by atoms with Gasteiger partial charge in [0.15, 0.2) is 5.11 Å². The molecule has 0 aliphatic carbocycles. The van der Waals surface area contributed by atoms with Gasteiger partial charge in [0.2, 0.25) is 0 Å². The number of pyridine rings is 1. The Hall–Kier alpha value is -3.55. The molecule has 0 bridgehead atoms. The van der Waals surface area contributed by atoms with Crippen LogP contribution in [0.2, 0.25) is 5.02 Å². The summed E-state index contributed by atoms with van der Waals surface area (Å²) in [5.41, 5.74) is 5.52. The smallest absolute Gasteiger partial charge is 0.174 e. The van der Waals surface area contributed by atoms with Crippen molar-refractivity contribution in [1.29, 1.82) is 0 Å². The molecular formula is C29H29ClN4O2S. The normalized spacial score (nSPS) is 17.4. The van der Waals surface area contributed by atoms with Crippen LogP contribution in [0.5, 0.6) is 11.5 Å². The first kappa shape index (κ1) is 25.1. The van der Waals surface area contributed by atoms with E-state index in [4.69, 9.17) is 28.6 Å². The summed E-state index contributed by atoms with van der Waals surface area (Å²) in [5.74, 6) is 0.973. The maximum Gasteiger partial charge on any atom is 0.174 e. The number of anilines is 1. The average molecular weight is 533 g/mol. The minimum Gasteiger partial charge on any atom is -0.506 e. The van der Waals surface area contributed by atoms with E-state index >= 15 is 0 Å². The number of halogens is 1. The second-order valence-corrected chi connectivity index (χ2v) is 10.3. The third-order valence-corrected chi connectivity index (χ3v) is 7.10. The molecule has 5 rings (SSSR count). The van der Waals surface area contributed by atoms with Crippen LogP contribution in [0, 0.1) is 13.8 Å². The minimum absolute atomic E-state index is 0.0926. The molecule has 3 heterocycles. The highest BCUT2D eigenvalue weighted by Gasteiger charge is 2.42. The highest BCUT2D eigenvalue weighted by Crippen LogP contribution is 2.44. The van der Waals surface area contributed by atoms with Crippen LogP contribution in [0.3, 0.4) is 0 Å². The number of aryl methyl sites for hydroxylation is 1. The predicted octanol–water partition coefficient (Wildman–Crippen LogP) is 6.81. The average Bonchev–Trinajstić information content (AvgIpc) is 3.36. The topological polar surface area (TPSA) is 62.5 Å². The Kier molecular flexibility index (Phi) is 6.84. The lowest BCUT2D eigenvalue weighted by atomic mass is 9.96. The van der Waals surface area contributed by atoms with Crippen molar-refractivity contribution in [3.8, 4) is 17.2 Å². The zero-order chi connectivity index (χ0) is 26.3. The number of ether oxygens (including phenoxy) is 1. The third-order valence-electron chi connectivity index (χ3n) is 6.55. The van der Waals surface area contributed by atoms with E-state index in [1.165, 1.54) is 0 Å². The number of benzene rings is 2. The molecule has 0 amide bonds. The van der Waals surface area contributed by atoms with Crippen LogP contribution >= 0.6 is 23.8 Å². The summed E-state index contributed by atoms with van der Waals surface area (Å²) in [4.78, 5) is 6.79. The Bertz CT molecular complexity index is 1440. The zero-order valence-corrected chi connectivity index (χ0v) is 22.7. The van der Waals surface area contributed by atoms with Crippen molar-refractivity contribution in [1.82, 2.24) is 14.9 Å². The Morgan fingerprint density at radius 1 is 1.05 bits per heavy atom. The van der Waals surface area contributed by atoms with Gasteiger partial charge in [-0.25, -0.2) is 0 Å². The van der Waals surface area contributed by atoms with E-state index in [1.807, 2.05) is 67.8 Å². The lowest BCUT2D eigenvalue weighted by Gasteiger charge is -2.28. The fourth-order valence-electron chi connectivity index (χ4n) is 5.04. The van der Waals surface area contributed by atoms with Crippen molar-refractivity contribution in [2.75, 3.05) is 4.90 Å². The molecule has 0 saturated carbocycles. The van der Waals surface area contributed by atoms with E-state index in [9.17, 15) is 5.11 Å². The van der Waals surface area contributed by atoms with Crippen LogP contribution in [0.1, 0.15) is 48.6 Å². The molecule has 1 aliphatic rings. The first-order chi connectivity index (χ1) is 17.7. The fraction of sp³-hybridized carbons (Fsp3) is 0.241. The molecule has 2 N–H and O–H groups in total. The van der Waals surface area contributed by atoms with Gasteiger partial charge >= 0.3 is 0 Å². The molecule has 2 aromatic heterocycles. The Labute approximate surface area is 227 Å². The Balaban J connectivity index is 1.64. The van der Waals surface area contributed by atoms with Crippen LogP contribution in [0.15, 0.2) is 72.9 Å². The molecule has 2 aromatic carbocycles. The fourth-order valence-corrected chi connectivity index (χ4v) is 5.55. The monoisotopic (exact) mass is 532 g/mol. The Morgan fingerprint density at radius 2 is 1.81 bits per heavy atom. The largest absolute Gasteiger partial charge is 0.506 e. The van der Waals surface area contributed by atoms with Crippen molar-refractivity contribution >= 4 is 34.6 Å². The predicted molar refractivity (Wildman–Crippen MR) is 152 cm³/mol. The number of hydrogen-bond acceptors (Lipinski definition) is 4. The molecular weight excluding hydrogens is 504 g/mol. The second-order valence-electron chi connectivity index (χ2n) is 9.45. The molecule has 0 radical (unpaired) electrons. The van der Waals surface area contributed by atoms with E-state index in [0.29, 0.717) is 15.8 Å². The molecule has 1 saturated heterocycles. The molecule has 4 aromatic rings. The van der Waals surface area contributed by atoms with Gasteiger partial charge in [-0.1, -0.05) is 17.7 Å². The lowest BCUT2D eigenvalue weighted by Crippen LogP contribution is -2.29. The van der Waals surface area contributed by atoms with Crippen molar-refractivity contribution < 1.29 is 9.84 Å². The standard InChI is InChI=1S/C29H29ClN4O2S/c1-17(2)36-22-11-9-21(10-12-22)34-28(27(32-29(34)37)24-7-5-6-14-31-24)23-15-18(3)33(19(23)4)25-16-20(30)8-13-26(25)35/h5-17,27-28,35H,1-4H3,(H,32,37)/t27-,28+/m1/s1. The van der Waals surface area contributed by atoms with E-state index < -0.39 is 0 Å². The third kappa shape index (κ3) is 4.77. The molecule has 1 aliphatic heterocycles. The van der Waals surface area contributed by atoms with Gasteiger partial charge in [-0.15, -0.1) is 0 Å². The quantitative estimate of drug-likeness (QED) is 0.266. The van der Waals surface area contributed by atoms with Crippen molar-refractivity contribution in [3.63, 3.8) is 0 Å². The second kappa shape index (κ2) is 10.1. The maximum atomic E-state index is 10.7. The number of rotatable bonds is 6. The molecule has 0 unspecified atom stereocenters. The summed E-state index contributed by atoms with van der Waals surface area (Å²) in [5, 5.41) is 15.3. The first-order valence-electron chi connectivity index (χ1n) is 12.2. The van der Waals surface area contributed by atoms with Crippen molar-refractivity contribution in [3.05, 3.63) is 101 Å². The summed E-state index contributed by atoms with van der Waals surface area (Å²) in [7, 11) is 0. The first-order valence-corrected chi connectivity index (χ1v) is 13.0. The van der Waals surface area contributed by atoms with Gasteiger partial charge in [-0.2, -0.15) is 0 Å². The molecule has 1 fully saturated rings. The van der Waals surface area contributed by atoms with E-state index in [2.05, 4.69) is 28.2 Å². The van der Waals surface area contributed by atoms with Crippen LogP contribution in [0.25, 0.3) is 5.69 Å². The molecule has 0 spiro atoms. The molecule has 190 valence electrons. The molecule has 37 heavy (non-hydrogen) atoms. The van der Waals surface area contributed by atoms with E-state index in [0.717, 1.165) is 34.1 Å². The summed E-state index contributed by atoms with van der Waals surface area (Å²) < 4.78 is 7.89. The van der Waals surface area contributed by atoms with Gasteiger partial charge < -0.3 is 24.6 Å². The number of hydrogen-bond donors (Lipinski definition) is 2. The van der Waals surface area contributed by atoms with Gasteiger partial charge in [0, 0.05) is 28.3 Å². The molecule has 6 nitrogen and oxygen atoms in total. The van der Waals surface area contributed by atoms with Crippen molar-refractivity contribution in [2.45, 2.75) is 45.9 Å². The van der Waals surface area contributed by atoms with Crippen LogP contribution in [0.4, 0.5) is 5.69 Å². The van der Waals surface area contributed by atoms with Crippen molar-refractivity contribution in [2.24, 2.45) is 0 Å². The lowest BCUT2D eigenvalue weighted by molar-refractivity contribution is 0.242. The van der Waals surface area contributed by atoms with Gasteiger partial charge in [-0.3, -0.25) is 4.98 Å². The number of phenolic OH excluding ortho intramolecular Hbond substituents is 1. The molecule has 2 atom stereocenters. The van der Waals surface area contributed by atoms with Gasteiger partial charge in [-0.05, 0) is 106 Å². The summed E-state index contributed by atoms with van der Waals surface area (Å²) in [6.45, 7) is 8.09. The summed E-state index contributed by atoms with van der Waals surface area (Å²) >= 11 is 12.2. The number of nitrogens with one attached hydrogen (secondary N) is 1. The summed E-state index contributed by atoms with van der Waals surface area (Å²) in [6.07, 6.45) is 1.89. The maximum absolute atomic E-state index is 10.7. The van der Waals surface area contributed by atoms with E-state index in [-0.39, 0.29) is 23.9 Å². The minimum atomic E-state index is -0.180. The number of thiocarbonyl (C=S) groups is 1. The SMILES string of the molecule is Cc1cc([C@H]2[C@@H](c3ccccn3)NC(=S)N2c2ccc(OC(C)C)cc2)c(C)n1-c1cc(Cl)ccc1O. The number of phenols is 1. The van der Waals surface area contributed by atoms with Crippen LogP contribution in [-0.2, 0) is 0 Å². The molecule has 8 heteroatoms. The Morgan fingerprint density at radius 3 is 2.49 bits per heavy atom. The van der Waals surface area contributed by atoms with Gasteiger partial charge in [0.1, 0.15) is 11.5 Å². The van der Waals surface area contributed by atoms with E-state index in [1.54, 1.807) is 24.4 Å².